The van der Waals surface area contributed by atoms with Crippen molar-refractivity contribution in [2.24, 2.45) is 0 Å². The van der Waals surface area contributed by atoms with Crippen LogP contribution in [0.1, 0.15) is 13.8 Å². The van der Waals surface area contributed by atoms with Gasteiger partial charge in [0.1, 0.15) is 6.04 Å². The molecule has 1 rings (SSSR count). The van der Waals surface area contributed by atoms with Gasteiger partial charge in [-0.3, -0.25) is 9.59 Å². The SMILES string of the molecule is COC(=O)C(CNc1ccc(NC(C)=O)cc1)NC(C)=O. The zero-order valence-corrected chi connectivity index (χ0v) is 12.2. The fourth-order valence-corrected chi connectivity index (χ4v) is 1.68. The minimum atomic E-state index is -0.762. The van der Waals surface area contributed by atoms with Crippen LogP contribution in [0.3, 0.4) is 0 Å². The number of anilines is 2. The van der Waals surface area contributed by atoms with Gasteiger partial charge in [-0.15, -0.1) is 0 Å². The fraction of sp³-hybridized carbons (Fsp3) is 0.357. The topological polar surface area (TPSA) is 96.5 Å². The van der Waals surface area contributed by atoms with E-state index in [1.54, 1.807) is 24.3 Å². The van der Waals surface area contributed by atoms with Gasteiger partial charge in [0, 0.05) is 31.8 Å². The Morgan fingerprint density at radius 1 is 1.05 bits per heavy atom. The molecule has 1 aromatic carbocycles. The second-order valence-electron chi connectivity index (χ2n) is 4.42. The Hall–Kier alpha value is -2.57. The summed E-state index contributed by atoms with van der Waals surface area (Å²) in [7, 11) is 1.26. The van der Waals surface area contributed by atoms with Gasteiger partial charge in [0.05, 0.1) is 7.11 Å². The highest BCUT2D eigenvalue weighted by atomic mass is 16.5. The number of esters is 1. The summed E-state index contributed by atoms with van der Waals surface area (Å²) in [5, 5.41) is 8.18. The molecule has 0 spiro atoms. The Balaban J connectivity index is 2.60. The molecule has 0 bridgehead atoms. The Morgan fingerprint density at radius 3 is 2.10 bits per heavy atom. The zero-order chi connectivity index (χ0) is 15.8. The van der Waals surface area contributed by atoms with E-state index in [4.69, 9.17) is 0 Å². The molecule has 7 nitrogen and oxygen atoms in total. The molecule has 7 heteroatoms. The second kappa shape index (κ2) is 7.88. The van der Waals surface area contributed by atoms with Gasteiger partial charge in [-0.1, -0.05) is 0 Å². The smallest absolute Gasteiger partial charge is 0.330 e. The molecule has 0 radical (unpaired) electrons. The van der Waals surface area contributed by atoms with E-state index in [0.717, 1.165) is 5.69 Å². The minimum Gasteiger partial charge on any atom is -0.467 e. The number of nitrogens with one attached hydrogen (secondary N) is 3. The highest BCUT2D eigenvalue weighted by Crippen LogP contribution is 2.13. The molecular weight excluding hydrogens is 274 g/mol. The molecule has 0 saturated carbocycles. The summed E-state index contributed by atoms with van der Waals surface area (Å²) in [5.41, 5.74) is 1.43. The van der Waals surface area contributed by atoms with Crippen molar-refractivity contribution < 1.29 is 19.1 Å². The molecule has 21 heavy (non-hydrogen) atoms. The predicted molar refractivity (Wildman–Crippen MR) is 78.9 cm³/mol. The molecule has 0 aliphatic carbocycles. The van der Waals surface area contributed by atoms with Crippen LogP contribution >= 0.6 is 0 Å². The molecule has 3 N–H and O–H groups in total. The number of ether oxygens (including phenoxy) is 1. The summed E-state index contributed by atoms with van der Waals surface area (Å²) in [4.78, 5) is 33.5. The van der Waals surface area contributed by atoms with Gasteiger partial charge < -0.3 is 20.7 Å². The Bertz CT molecular complexity index is 513. The summed E-state index contributed by atoms with van der Waals surface area (Å²) < 4.78 is 4.62. The van der Waals surface area contributed by atoms with Crippen LogP contribution in [0.25, 0.3) is 0 Å². The number of carbonyl (C=O) groups excluding carboxylic acids is 3. The molecule has 0 heterocycles. The van der Waals surface area contributed by atoms with Crippen LogP contribution in [-0.2, 0) is 19.1 Å². The predicted octanol–water partition coefficient (Wildman–Crippen LogP) is 0.735. The van der Waals surface area contributed by atoms with E-state index in [0.29, 0.717) is 5.69 Å². The Morgan fingerprint density at radius 2 is 1.62 bits per heavy atom. The van der Waals surface area contributed by atoms with E-state index in [1.807, 2.05) is 0 Å². The van der Waals surface area contributed by atoms with Crippen molar-refractivity contribution in [2.45, 2.75) is 19.9 Å². The van der Waals surface area contributed by atoms with Crippen LogP contribution in [0.4, 0.5) is 11.4 Å². The summed E-state index contributed by atoms with van der Waals surface area (Å²) in [6, 6.07) is 6.22. The van der Waals surface area contributed by atoms with E-state index >= 15 is 0 Å². The van der Waals surface area contributed by atoms with Crippen LogP contribution in [-0.4, -0.2) is 37.5 Å². The maximum atomic E-state index is 11.5. The van der Waals surface area contributed by atoms with Gasteiger partial charge in [-0.05, 0) is 24.3 Å². The summed E-state index contributed by atoms with van der Waals surface area (Å²) >= 11 is 0. The quantitative estimate of drug-likeness (QED) is 0.672. The van der Waals surface area contributed by atoms with Gasteiger partial charge in [-0.2, -0.15) is 0 Å². The number of carbonyl (C=O) groups is 3. The van der Waals surface area contributed by atoms with Crippen LogP contribution in [0.15, 0.2) is 24.3 Å². The fourth-order valence-electron chi connectivity index (χ4n) is 1.68. The van der Waals surface area contributed by atoms with Gasteiger partial charge >= 0.3 is 5.97 Å². The molecule has 0 aliphatic heterocycles. The number of rotatable bonds is 6. The van der Waals surface area contributed by atoms with Crippen LogP contribution < -0.4 is 16.0 Å². The van der Waals surface area contributed by atoms with Crippen molar-refractivity contribution in [1.29, 1.82) is 0 Å². The molecule has 0 fully saturated rings. The third kappa shape index (κ3) is 5.94. The number of hydrogen-bond acceptors (Lipinski definition) is 5. The number of hydrogen-bond donors (Lipinski definition) is 3. The van der Waals surface area contributed by atoms with Gasteiger partial charge in [0.2, 0.25) is 11.8 Å². The first-order valence-electron chi connectivity index (χ1n) is 6.39. The lowest BCUT2D eigenvalue weighted by molar-refractivity contribution is -0.144. The maximum Gasteiger partial charge on any atom is 0.330 e. The number of amides is 2. The third-order valence-electron chi connectivity index (χ3n) is 2.58. The van der Waals surface area contributed by atoms with E-state index in [9.17, 15) is 14.4 Å². The first-order valence-corrected chi connectivity index (χ1v) is 6.39. The monoisotopic (exact) mass is 293 g/mol. The third-order valence-corrected chi connectivity index (χ3v) is 2.58. The highest BCUT2D eigenvalue weighted by molar-refractivity contribution is 5.88. The largest absolute Gasteiger partial charge is 0.467 e. The molecule has 0 aliphatic rings. The molecule has 1 aromatic rings. The Kier molecular flexibility index (Phi) is 6.19. The molecule has 1 unspecified atom stereocenters. The average molecular weight is 293 g/mol. The summed E-state index contributed by atoms with van der Waals surface area (Å²) in [6.07, 6.45) is 0. The van der Waals surface area contributed by atoms with Gasteiger partial charge in [0.15, 0.2) is 0 Å². The molecule has 0 aromatic heterocycles. The van der Waals surface area contributed by atoms with Crippen molar-refractivity contribution in [2.75, 3.05) is 24.3 Å². The number of benzene rings is 1. The summed E-state index contributed by atoms with van der Waals surface area (Å²) in [6.45, 7) is 2.96. The van der Waals surface area contributed by atoms with Gasteiger partial charge in [-0.25, -0.2) is 4.79 Å². The van der Waals surface area contributed by atoms with Crippen molar-refractivity contribution in [3.8, 4) is 0 Å². The first kappa shape index (κ1) is 16.5. The van der Waals surface area contributed by atoms with Crippen molar-refractivity contribution in [3.05, 3.63) is 24.3 Å². The lowest BCUT2D eigenvalue weighted by Gasteiger charge is -2.17. The van der Waals surface area contributed by atoms with Crippen LogP contribution in [0.5, 0.6) is 0 Å². The van der Waals surface area contributed by atoms with Crippen LogP contribution in [0, 0.1) is 0 Å². The van der Waals surface area contributed by atoms with E-state index in [2.05, 4.69) is 20.7 Å². The standard InChI is InChI=1S/C14H19N3O4/c1-9(18)16-12-6-4-11(5-7-12)15-8-13(14(20)21-3)17-10(2)19/h4-7,13,15H,8H2,1-3H3,(H,16,18)(H,17,19). The van der Waals surface area contributed by atoms with E-state index in [-0.39, 0.29) is 18.4 Å². The van der Waals surface area contributed by atoms with E-state index in [1.165, 1.54) is 21.0 Å². The maximum absolute atomic E-state index is 11.5. The highest BCUT2D eigenvalue weighted by Gasteiger charge is 2.19. The minimum absolute atomic E-state index is 0.146. The lowest BCUT2D eigenvalue weighted by atomic mass is 10.2. The normalized spacial score (nSPS) is 11.2. The Labute approximate surface area is 123 Å². The van der Waals surface area contributed by atoms with Crippen LogP contribution in [0.2, 0.25) is 0 Å². The van der Waals surface area contributed by atoms with E-state index < -0.39 is 12.0 Å². The molecular formula is C14H19N3O4. The van der Waals surface area contributed by atoms with Crippen molar-refractivity contribution in [1.82, 2.24) is 5.32 Å². The summed E-state index contributed by atoms with van der Waals surface area (Å²) in [5.74, 6) is -0.979. The van der Waals surface area contributed by atoms with Crippen molar-refractivity contribution >= 4 is 29.2 Å². The number of methoxy groups -OCH3 is 1. The molecule has 1 atom stereocenters. The molecule has 114 valence electrons. The second-order valence-corrected chi connectivity index (χ2v) is 4.42. The molecule has 2 amide bonds. The lowest BCUT2D eigenvalue weighted by Crippen LogP contribution is -2.45. The van der Waals surface area contributed by atoms with Crippen molar-refractivity contribution in [3.63, 3.8) is 0 Å². The van der Waals surface area contributed by atoms with Gasteiger partial charge in [0.25, 0.3) is 0 Å². The molecule has 0 saturated heterocycles. The zero-order valence-electron chi connectivity index (χ0n) is 12.2. The first-order chi connectivity index (χ1) is 9.92. The average Bonchev–Trinajstić information content (AvgIpc) is 2.43.